The van der Waals surface area contributed by atoms with E-state index in [9.17, 15) is 5.11 Å². The van der Waals surface area contributed by atoms with Crippen molar-refractivity contribution in [2.75, 3.05) is 37.6 Å². The SMILES string of the molecule is OC1(CN2CCN(c3nccs3)CC2)CCCCC1. The smallest absolute Gasteiger partial charge is 0.185 e. The van der Waals surface area contributed by atoms with Gasteiger partial charge in [-0.2, -0.15) is 0 Å². The molecule has 2 aliphatic rings. The highest BCUT2D eigenvalue weighted by molar-refractivity contribution is 7.13. The molecule has 1 aliphatic heterocycles. The van der Waals surface area contributed by atoms with Gasteiger partial charge in [0.05, 0.1) is 5.60 Å². The molecule has 0 radical (unpaired) electrons. The Balaban J connectivity index is 1.50. The lowest BCUT2D eigenvalue weighted by molar-refractivity contribution is -0.0271. The van der Waals surface area contributed by atoms with E-state index in [1.807, 2.05) is 11.6 Å². The number of thiazole rings is 1. The van der Waals surface area contributed by atoms with E-state index in [0.717, 1.165) is 50.7 Å². The van der Waals surface area contributed by atoms with E-state index >= 15 is 0 Å². The molecule has 0 atom stereocenters. The van der Waals surface area contributed by atoms with Gasteiger partial charge in [-0.1, -0.05) is 19.3 Å². The molecule has 1 saturated heterocycles. The van der Waals surface area contributed by atoms with Gasteiger partial charge in [0, 0.05) is 44.3 Å². The van der Waals surface area contributed by atoms with E-state index in [0.29, 0.717) is 0 Å². The van der Waals surface area contributed by atoms with Gasteiger partial charge in [0.1, 0.15) is 0 Å². The molecule has 0 unspecified atom stereocenters. The largest absolute Gasteiger partial charge is 0.389 e. The second-order valence-corrected chi connectivity index (χ2v) is 6.74. The number of hydrogen-bond acceptors (Lipinski definition) is 5. The van der Waals surface area contributed by atoms with Gasteiger partial charge in [0.15, 0.2) is 5.13 Å². The molecule has 0 aromatic carbocycles. The van der Waals surface area contributed by atoms with E-state index in [4.69, 9.17) is 0 Å². The van der Waals surface area contributed by atoms with Crippen molar-refractivity contribution in [2.24, 2.45) is 0 Å². The third-order valence-corrected chi connectivity index (χ3v) is 5.20. The number of aliphatic hydroxyl groups is 1. The van der Waals surface area contributed by atoms with Gasteiger partial charge in [-0.3, -0.25) is 4.90 Å². The molecule has 2 fully saturated rings. The summed E-state index contributed by atoms with van der Waals surface area (Å²) in [6.07, 6.45) is 7.52. The van der Waals surface area contributed by atoms with Crippen LogP contribution in [-0.4, -0.2) is 53.3 Å². The maximum atomic E-state index is 10.6. The van der Waals surface area contributed by atoms with Crippen molar-refractivity contribution < 1.29 is 5.11 Å². The lowest BCUT2D eigenvalue weighted by Gasteiger charge is -2.41. The maximum absolute atomic E-state index is 10.6. The highest BCUT2D eigenvalue weighted by Crippen LogP contribution is 2.29. The number of piperazine rings is 1. The average Bonchev–Trinajstić information content (AvgIpc) is 2.94. The van der Waals surface area contributed by atoms with Crippen molar-refractivity contribution in [3.63, 3.8) is 0 Å². The number of rotatable bonds is 3. The summed E-state index contributed by atoms with van der Waals surface area (Å²) in [5.74, 6) is 0. The zero-order valence-corrected chi connectivity index (χ0v) is 12.2. The fraction of sp³-hybridized carbons (Fsp3) is 0.786. The molecule has 1 aliphatic carbocycles. The van der Waals surface area contributed by atoms with Gasteiger partial charge < -0.3 is 10.0 Å². The van der Waals surface area contributed by atoms with Crippen LogP contribution in [0.15, 0.2) is 11.6 Å². The fourth-order valence-electron chi connectivity index (χ4n) is 3.25. The van der Waals surface area contributed by atoms with Crippen molar-refractivity contribution in [3.8, 4) is 0 Å². The van der Waals surface area contributed by atoms with Crippen LogP contribution in [0.5, 0.6) is 0 Å². The molecule has 4 nitrogen and oxygen atoms in total. The zero-order valence-electron chi connectivity index (χ0n) is 11.4. The second kappa shape index (κ2) is 5.77. The van der Waals surface area contributed by atoms with Gasteiger partial charge in [0.25, 0.3) is 0 Å². The Morgan fingerprint density at radius 1 is 1.16 bits per heavy atom. The van der Waals surface area contributed by atoms with Gasteiger partial charge in [0.2, 0.25) is 0 Å². The Kier molecular flexibility index (Phi) is 4.05. The summed E-state index contributed by atoms with van der Waals surface area (Å²) in [5.41, 5.74) is -0.415. The van der Waals surface area contributed by atoms with Gasteiger partial charge in [-0.25, -0.2) is 4.98 Å². The van der Waals surface area contributed by atoms with Crippen molar-refractivity contribution in [1.82, 2.24) is 9.88 Å². The molecule has 1 aromatic rings. The Hall–Kier alpha value is -0.650. The third kappa shape index (κ3) is 3.27. The lowest BCUT2D eigenvalue weighted by atomic mass is 9.84. The number of β-amino-alcohol motifs (C(OH)–C–C–N with tert-alkyl or cyclic N) is 1. The topological polar surface area (TPSA) is 39.6 Å². The van der Waals surface area contributed by atoms with Crippen molar-refractivity contribution in [2.45, 2.75) is 37.7 Å². The highest BCUT2D eigenvalue weighted by Gasteiger charge is 2.32. The predicted octanol–water partition coefficient (Wildman–Crippen LogP) is 1.96. The molecule has 1 N–H and O–H groups in total. The summed E-state index contributed by atoms with van der Waals surface area (Å²) in [7, 11) is 0. The molecule has 19 heavy (non-hydrogen) atoms. The minimum absolute atomic E-state index is 0.415. The predicted molar refractivity (Wildman–Crippen MR) is 78.8 cm³/mol. The summed E-state index contributed by atoms with van der Waals surface area (Å²) in [5, 5.41) is 13.8. The molecule has 0 bridgehead atoms. The quantitative estimate of drug-likeness (QED) is 0.919. The first-order chi connectivity index (χ1) is 9.25. The summed E-state index contributed by atoms with van der Waals surface area (Å²) in [6, 6.07) is 0. The van der Waals surface area contributed by atoms with Crippen LogP contribution in [0, 0.1) is 0 Å². The van der Waals surface area contributed by atoms with E-state index in [-0.39, 0.29) is 0 Å². The summed E-state index contributed by atoms with van der Waals surface area (Å²) in [4.78, 5) is 9.15. The van der Waals surface area contributed by atoms with Crippen molar-refractivity contribution in [1.29, 1.82) is 0 Å². The van der Waals surface area contributed by atoms with Gasteiger partial charge in [-0.15, -0.1) is 11.3 Å². The molecular formula is C14H23N3OS. The third-order valence-electron chi connectivity index (χ3n) is 4.36. The number of nitrogens with zero attached hydrogens (tertiary/aromatic N) is 3. The molecular weight excluding hydrogens is 258 g/mol. The molecule has 3 rings (SSSR count). The van der Waals surface area contributed by atoms with E-state index in [1.54, 1.807) is 11.3 Å². The average molecular weight is 281 g/mol. The molecule has 0 spiro atoms. The molecule has 2 heterocycles. The summed E-state index contributed by atoms with van der Waals surface area (Å²) < 4.78 is 0. The van der Waals surface area contributed by atoms with Crippen LogP contribution in [-0.2, 0) is 0 Å². The first kappa shape index (κ1) is 13.3. The number of anilines is 1. The molecule has 106 valence electrons. The van der Waals surface area contributed by atoms with E-state index < -0.39 is 5.60 Å². The van der Waals surface area contributed by atoms with Crippen LogP contribution >= 0.6 is 11.3 Å². The molecule has 0 amide bonds. The fourth-order valence-corrected chi connectivity index (χ4v) is 3.95. The zero-order chi connectivity index (χ0) is 13.1. The van der Waals surface area contributed by atoms with Crippen molar-refractivity contribution in [3.05, 3.63) is 11.6 Å². The van der Waals surface area contributed by atoms with Crippen LogP contribution < -0.4 is 4.90 Å². The Labute approximate surface area is 119 Å². The maximum Gasteiger partial charge on any atom is 0.185 e. The van der Waals surface area contributed by atoms with Gasteiger partial charge >= 0.3 is 0 Å². The van der Waals surface area contributed by atoms with Crippen LogP contribution in [0.25, 0.3) is 0 Å². The number of hydrogen-bond donors (Lipinski definition) is 1. The van der Waals surface area contributed by atoms with E-state index in [2.05, 4.69) is 14.8 Å². The molecule has 1 aromatic heterocycles. The lowest BCUT2D eigenvalue weighted by Crippen LogP contribution is -2.52. The van der Waals surface area contributed by atoms with Crippen LogP contribution in [0.2, 0.25) is 0 Å². The molecule has 1 saturated carbocycles. The summed E-state index contributed by atoms with van der Waals surface area (Å²) >= 11 is 1.71. The van der Waals surface area contributed by atoms with Crippen molar-refractivity contribution >= 4 is 16.5 Å². The highest BCUT2D eigenvalue weighted by atomic mass is 32.1. The number of aromatic nitrogens is 1. The minimum Gasteiger partial charge on any atom is -0.389 e. The van der Waals surface area contributed by atoms with Crippen LogP contribution in [0.1, 0.15) is 32.1 Å². The monoisotopic (exact) mass is 281 g/mol. The minimum atomic E-state index is -0.415. The summed E-state index contributed by atoms with van der Waals surface area (Å²) in [6.45, 7) is 5.01. The Morgan fingerprint density at radius 3 is 2.53 bits per heavy atom. The normalized spacial score (nSPS) is 24.6. The Morgan fingerprint density at radius 2 is 1.89 bits per heavy atom. The van der Waals surface area contributed by atoms with Crippen LogP contribution in [0.3, 0.4) is 0 Å². The Bertz CT molecular complexity index is 381. The van der Waals surface area contributed by atoms with Crippen LogP contribution in [0.4, 0.5) is 5.13 Å². The van der Waals surface area contributed by atoms with E-state index in [1.165, 1.54) is 19.3 Å². The standard InChI is InChI=1S/C14H23N3OS/c18-14(4-2-1-3-5-14)12-16-7-9-17(10-8-16)13-15-6-11-19-13/h6,11,18H,1-5,7-10,12H2. The second-order valence-electron chi connectivity index (χ2n) is 5.86. The van der Waals surface area contributed by atoms with Gasteiger partial charge in [-0.05, 0) is 12.8 Å². The first-order valence-electron chi connectivity index (χ1n) is 7.34. The molecule has 5 heteroatoms. The first-order valence-corrected chi connectivity index (χ1v) is 8.22.